The Morgan fingerprint density at radius 3 is 2.85 bits per heavy atom. The molecule has 0 aromatic heterocycles. The number of terminal acetylenes is 1. The van der Waals surface area contributed by atoms with E-state index in [-0.39, 0.29) is 0 Å². The Bertz CT molecular complexity index is 348. The number of aldehydes is 1. The van der Waals surface area contributed by atoms with Crippen molar-refractivity contribution in [2.75, 3.05) is 6.61 Å². The SMILES string of the molecule is C#Cc1cc(C=O)cc(OCC)c1. The van der Waals surface area contributed by atoms with E-state index in [1.807, 2.05) is 6.92 Å². The van der Waals surface area contributed by atoms with Gasteiger partial charge in [0, 0.05) is 11.1 Å². The molecule has 0 atom stereocenters. The Kier molecular flexibility index (Phi) is 3.10. The highest BCUT2D eigenvalue weighted by Gasteiger charge is 1.98. The molecular formula is C11H10O2. The summed E-state index contributed by atoms with van der Waals surface area (Å²) in [5.41, 5.74) is 1.20. The van der Waals surface area contributed by atoms with E-state index < -0.39 is 0 Å². The van der Waals surface area contributed by atoms with E-state index in [0.717, 1.165) is 6.29 Å². The van der Waals surface area contributed by atoms with Gasteiger partial charge in [0.25, 0.3) is 0 Å². The molecule has 0 spiro atoms. The molecule has 13 heavy (non-hydrogen) atoms. The van der Waals surface area contributed by atoms with Gasteiger partial charge >= 0.3 is 0 Å². The van der Waals surface area contributed by atoms with Gasteiger partial charge in [0.2, 0.25) is 0 Å². The molecule has 1 rings (SSSR count). The largest absolute Gasteiger partial charge is 0.494 e. The summed E-state index contributed by atoms with van der Waals surface area (Å²) in [6.45, 7) is 2.44. The third-order valence-corrected chi connectivity index (χ3v) is 1.54. The maximum atomic E-state index is 10.5. The Balaban J connectivity index is 3.08. The number of carbonyl (C=O) groups is 1. The van der Waals surface area contributed by atoms with Gasteiger partial charge in [-0.1, -0.05) is 5.92 Å². The zero-order valence-electron chi connectivity index (χ0n) is 7.41. The van der Waals surface area contributed by atoms with E-state index in [2.05, 4.69) is 5.92 Å². The van der Waals surface area contributed by atoms with E-state index in [1.165, 1.54) is 0 Å². The van der Waals surface area contributed by atoms with E-state index in [0.29, 0.717) is 23.5 Å². The van der Waals surface area contributed by atoms with Crippen molar-refractivity contribution in [3.8, 4) is 18.1 Å². The molecule has 0 N–H and O–H groups in total. The predicted octanol–water partition coefficient (Wildman–Crippen LogP) is 1.88. The quantitative estimate of drug-likeness (QED) is 0.516. The van der Waals surface area contributed by atoms with Crippen LogP contribution in [0.1, 0.15) is 22.8 Å². The standard InChI is InChI=1S/C11H10O2/c1-3-9-5-10(8-12)7-11(6-9)13-4-2/h1,5-8H,4H2,2H3. The van der Waals surface area contributed by atoms with Crippen molar-refractivity contribution in [3.05, 3.63) is 29.3 Å². The van der Waals surface area contributed by atoms with Gasteiger partial charge in [-0.2, -0.15) is 0 Å². The van der Waals surface area contributed by atoms with Crippen molar-refractivity contribution in [1.82, 2.24) is 0 Å². The first-order chi connectivity index (χ1) is 6.30. The molecule has 0 fully saturated rings. The van der Waals surface area contributed by atoms with Crippen LogP contribution >= 0.6 is 0 Å². The van der Waals surface area contributed by atoms with Crippen molar-refractivity contribution < 1.29 is 9.53 Å². The molecular weight excluding hydrogens is 164 g/mol. The third-order valence-electron chi connectivity index (χ3n) is 1.54. The molecule has 66 valence electrons. The lowest BCUT2D eigenvalue weighted by Crippen LogP contribution is -1.93. The van der Waals surface area contributed by atoms with Crippen molar-refractivity contribution in [2.45, 2.75) is 6.92 Å². The number of benzene rings is 1. The number of ether oxygens (including phenoxy) is 1. The number of rotatable bonds is 3. The second-order valence-electron chi connectivity index (χ2n) is 2.49. The van der Waals surface area contributed by atoms with Crippen LogP contribution in [-0.4, -0.2) is 12.9 Å². The number of carbonyl (C=O) groups excluding carboxylic acids is 1. The maximum absolute atomic E-state index is 10.5. The molecule has 0 heterocycles. The van der Waals surface area contributed by atoms with Crippen LogP contribution in [-0.2, 0) is 0 Å². The van der Waals surface area contributed by atoms with Gasteiger partial charge < -0.3 is 4.74 Å². The second-order valence-corrected chi connectivity index (χ2v) is 2.49. The second kappa shape index (κ2) is 4.32. The predicted molar refractivity (Wildman–Crippen MR) is 50.9 cm³/mol. The average Bonchev–Trinajstić information content (AvgIpc) is 2.17. The molecule has 0 aliphatic heterocycles. The fourth-order valence-electron chi connectivity index (χ4n) is 1.02. The van der Waals surface area contributed by atoms with Gasteiger partial charge in [-0.05, 0) is 25.1 Å². The Morgan fingerprint density at radius 1 is 1.54 bits per heavy atom. The summed E-state index contributed by atoms with van der Waals surface area (Å²) in [7, 11) is 0. The van der Waals surface area contributed by atoms with Gasteiger partial charge in [-0.15, -0.1) is 6.42 Å². The smallest absolute Gasteiger partial charge is 0.150 e. The highest BCUT2D eigenvalue weighted by Crippen LogP contribution is 2.15. The van der Waals surface area contributed by atoms with Crippen LogP contribution in [0.4, 0.5) is 0 Å². The summed E-state index contributed by atoms with van der Waals surface area (Å²) in [6, 6.07) is 5.04. The van der Waals surface area contributed by atoms with E-state index in [4.69, 9.17) is 11.2 Å². The van der Waals surface area contributed by atoms with Crippen LogP contribution in [0, 0.1) is 12.3 Å². The first-order valence-corrected chi connectivity index (χ1v) is 4.00. The summed E-state index contributed by atoms with van der Waals surface area (Å²) < 4.78 is 5.24. The van der Waals surface area contributed by atoms with Crippen molar-refractivity contribution >= 4 is 6.29 Å². The third kappa shape index (κ3) is 2.34. The van der Waals surface area contributed by atoms with Crippen molar-refractivity contribution in [2.24, 2.45) is 0 Å². The minimum atomic E-state index is 0.541. The van der Waals surface area contributed by atoms with Crippen LogP contribution in [0.5, 0.6) is 5.75 Å². The Hall–Kier alpha value is -1.75. The molecule has 0 radical (unpaired) electrons. The molecule has 0 saturated carbocycles. The minimum Gasteiger partial charge on any atom is -0.494 e. The van der Waals surface area contributed by atoms with E-state index >= 15 is 0 Å². The van der Waals surface area contributed by atoms with Gasteiger partial charge in [0.1, 0.15) is 12.0 Å². The van der Waals surface area contributed by atoms with E-state index in [9.17, 15) is 4.79 Å². The van der Waals surface area contributed by atoms with Crippen LogP contribution in [0.15, 0.2) is 18.2 Å². The van der Waals surface area contributed by atoms with Crippen molar-refractivity contribution in [3.63, 3.8) is 0 Å². The summed E-state index contributed by atoms with van der Waals surface area (Å²) in [6.07, 6.45) is 5.97. The molecule has 2 nitrogen and oxygen atoms in total. The molecule has 0 saturated heterocycles. The van der Waals surface area contributed by atoms with E-state index in [1.54, 1.807) is 18.2 Å². The lowest BCUT2D eigenvalue weighted by Gasteiger charge is -2.03. The van der Waals surface area contributed by atoms with Gasteiger partial charge in [-0.3, -0.25) is 4.79 Å². The maximum Gasteiger partial charge on any atom is 0.150 e. The molecule has 2 heteroatoms. The zero-order chi connectivity index (χ0) is 9.68. The normalized spacial score (nSPS) is 8.92. The number of hydrogen-bond acceptors (Lipinski definition) is 2. The molecule has 0 aliphatic carbocycles. The average molecular weight is 174 g/mol. The monoisotopic (exact) mass is 174 g/mol. The summed E-state index contributed by atoms with van der Waals surface area (Å²) in [4.78, 5) is 10.5. The van der Waals surface area contributed by atoms with Crippen molar-refractivity contribution in [1.29, 1.82) is 0 Å². The van der Waals surface area contributed by atoms with Gasteiger partial charge in [-0.25, -0.2) is 0 Å². The fraction of sp³-hybridized carbons (Fsp3) is 0.182. The molecule has 0 bridgehead atoms. The molecule has 1 aromatic carbocycles. The summed E-state index contributed by atoms with van der Waals surface area (Å²) in [5, 5.41) is 0. The molecule has 0 unspecified atom stereocenters. The molecule has 0 amide bonds. The van der Waals surface area contributed by atoms with Gasteiger partial charge in [0.05, 0.1) is 6.61 Å². The molecule has 0 aliphatic rings. The lowest BCUT2D eigenvalue weighted by molar-refractivity contribution is 0.112. The summed E-state index contributed by atoms with van der Waals surface area (Å²) in [5.74, 6) is 3.10. The topological polar surface area (TPSA) is 26.3 Å². The van der Waals surface area contributed by atoms with Crippen LogP contribution in [0.2, 0.25) is 0 Å². The minimum absolute atomic E-state index is 0.541. The first kappa shape index (κ1) is 9.34. The first-order valence-electron chi connectivity index (χ1n) is 4.00. The summed E-state index contributed by atoms with van der Waals surface area (Å²) >= 11 is 0. The van der Waals surface area contributed by atoms with Gasteiger partial charge in [0.15, 0.2) is 0 Å². The van der Waals surface area contributed by atoms with Crippen LogP contribution in [0.25, 0.3) is 0 Å². The van der Waals surface area contributed by atoms with Crippen LogP contribution in [0.3, 0.4) is 0 Å². The number of hydrogen-bond donors (Lipinski definition) is 0. The Morgan fingerprint density at radius 2 is 2.31 bits per heavy atom. The fourth-order valence-corrected chi connectivity index (χ4v) is 1.02. The Labute approximate surface area is 77.5 Å². The highest BCUT2D eigenvalue weighted by atomic mass is 16.5. The molecule has 1 aromatic rings. The zero-order valence-corrected chi connectivity index (χ0v) is 7.41. The lowest BCUT2D eigenvalue weighted by atomic mass is 10.1. The highest BCUT2D eigenvalue weighted by molar-refractivity contribution is 5.76. The van der Waals surface area contributed by atoms with Crippen LogP contribution < -0.4 is 4.74 Å².